The van der Waals surface area contributed by atoms with E-state index in [1.807, 2.05) is 26.8 Å². The molecule has 1 aromatic rings. The average molecular weight is 299 g/mol. The Balaban J connectivity index is 2.45. The monoisotopic (exact) mass is 298 g/mol. The smallest absolute Gasteiger partial charge is 0.315 e. The van der Waals surface area contributed by atoms with E-state index in [1.165, 1.54) is 0 Å². The quantitative estimate of drug-likeness (QED) is 0.882. The summed E-state index contributed by atoms with van der Waals surface area (Å²) >= 11 is 3.21. The fourth-order valence-electron chi connectivity index (χ4n) is 0.882. The van der Waals surface area contributed by atoms with E-state index in [0.717, 1.165) is 4.47 Å². The summed E-state index contributed by atoms with van der Waals surface area (Å²) in [7, 11) is 0. The summed E-state index contributed by atoms with van der Waals surface area (Å²) in [5, 5.41) is 5.09. The molecular formula is C11H15BrN4O. The number of urea groups is 1. The average Bonchev–Trinajstić information content (AvgIpc) is 2.19. The maximum absolute atomic E-state index is 11.4. The van der Waals surface area contributed by atoms with Crippen molar-refractivity contribution in [2.75, 3.05) is 5.32 Å². The lowest BCUT2D eigenvalue weighted by atomic mass is 9.97. The molecule has 2 N–H and O–H groups in total. The molecule has 17 heavy (non-hydrogen) atoms. The van der Waals surface area contributed by atoms with Crippen molar-refractivity contribution in [3.05, 3.63) is 29.1 Å². The topological polar surface area (TPSA) is 66.9 Å². The van der Waals surface area contributed by atoms with Gasteiger partial charge in [-0.05, 0) is 21.3 Å². The van der Waals surface area contributed by atoms with Gasteiger partial charge in [0, 0.05) is 18.6 Å². The minimum Gasteiger partial charge on any atom is -0.315 e. The highest BCUT2D eigenvalue weighted by atomic mass is 79.9. The third kappa shape index (κ3) is 6.01. The van der Waals surface area contributed by atoms with Crippen molar-refractivity contribution in [3.63, 3.8) is 0 Å². The summed E-state index contributed by atoms with van der Waals surface area (Å²) in [6.07, 6.45) is 6.63. The van der Waals surface area contributed by atoms with Gasteiger partial charge in [-0.25, -0.2) is 14.8 Å². The van der Waals surface area contributed by atoms with Gasteiger partial charge in [0.25, 0.3) is 0 Å². The van der Waals surface area contributed by atoms with Crippen LogP contribution in [0.1, 0.15) is 20.8 Å². The molecule has 1 rings (SSSR count). The second-order valence-corrected chi connectivity index (χ2v) is 5.44. The minimum absolute atomic E-state index is 0.0292. The molecule has 5 nitrogen and oxygen atoms in total. The van der Waals surface area contributed by atoms with Crippen molar-refractivity contribution < 1.29 is 4.79 Å². The second kappa shape index (κ2) is 5.77. The van der Waals surface area contributed by atoms with Crippen molar-refractivity contribution in [2.45, 2.75) is 20.8 Å². The van der Waals surface area contributed by atoms with Crippen LogP contribution in [-0.4, -0.2) is 16.0 Å². The van der Waals surface area contributed by atoms with Crippen LogP contribution in [0.25, 0.3) is 0 Å². The number of carbonyl (C=O) groups excluding carboxylic acids is 1. The number of halogens is 1. The Morgan fingerprint density at radius 1 is 1.35 bits per heavy atom. The van der Waals surface area contributed by atoms with Crippen LogP contribution in [0.3, 0.4) is 0 Å². The van der Waals surface area contributed by atoms with Gasteiger partial charge in [-0.2, -0.15) is 0 Å². The zero-order chi connectivity index (χ0) is 12.9. The molecule has 0 bridgehead atoms. The Kier molecular flexibility index (Phi) is 4.62. The maximum Gasteiger partial charge on any atom is 0.325 e. The third-order valence-electron chi connectivity index (χ3n) is 1.64. The number of nitrogens with one attached hydrogen (secondary N) is 2. The lowest BCUT2D eigenvalue weighted by molar-refractivity contribution is 0.255. The molecule has 92 valence electrons. The Bertz CT molecular complexity index is 408. The third-order valence-corrected chi connectivity index (χ3v) is 2.05. The van der Waals surface area contributed by atoms with E-state index in [1.54, 1.807) is 18.6 Å². The highest BCUT2D eigenvalue weighted by molar-refractivity contribution is 9.10. The molecule has 0 saturated carbocycles. The normalized spacial score (nSPS) is 11.5. The molecule has 0 spiro atoms. The standard InChI is InChI=1S/C11H15BrN4O/c1-11(2,3)4-5-13-10(17)16-9-14-6-8(12)7-15-9/h4-7H,1-3H3,(H2,13,14,15,16,17)/b5-4+. The molecule has 0 aliphatic carbocycles. The van der Waals surface area contributed by atoms with E-state index in [-0.39, 0.29) is 17.4 Å². The van der Waals surface area contributed by atoms with Crippen molar-refractivity contribution in [2.24, 2.45) is 5.41 Å². The first-order valence-electron chi connectivity index (χ1n) is 5.09. The Hall–Kier alpha value is -1.43. The molecule has 0 unspecified atom stereocenters. The Morgan fingerprint density at radius 3 is 2.47 bits per heavy atom. The van der Waals surface area contributed by atoms with Crippen LogP contribution >= 0.6 is 15.9 Å². The fraction of sp³-hybridized carbons (Fsp3) is 0.364. The van der Waals surface area contributed by atoms with Gasteiger partial charge in [0.15, 0.2) is 0 Å². The molecule has 0 saturated heterocycles. The summed E-state index contributed by atoms with van der Waals surface area (Å²) in [5.41, 5.74) is 0.0292. The first-order chi connectivity index (χ1) is 7.87. The van der Waals surface area contributed by atoms with E-state index < -0.39 is 0 Å². The summed E-state index contributed by atoms with van der Waals surface area (Å²) in [6.45, 7) is 6.13. The molecule has 6 heteroatoms. The molecule has 1 aromatic heterocycles. The number of aromatic nitrogens is 2. The van der Waals surface area contributed by atoms with E-state index in [2.05, 4.69) is 36.5 Å². The van der Waals surface area contributed by atoms with Gasteiger partial charge in [0.2, 0.25) is 5.95 Å². The van der Waals surface area contributed by atoms with E-state index >= 15 is 0 Å². The molecule has 0 aliphatic heterocycles. The van der Waals surface area contributed by atoms with Crippen LogP contribution < -0.4 is 10.6 Å². The molecule has 0 fully saturated rings. The van der Waals surface area contributed by atoms with E-state index in [4.69, 9.17) is 0 Å². The van der Waals surface area contributed by atoms with Gasteiger partial charge in [-0.1, -0.05) is 26.8 Å². The molecule has 0 aromatic carbocycles. The van der Waals surface area contributed by atoms with Crippen LogP contribution in [0, 0.1) is 5.41 Å². The molecule has 0 atom stereocenters. The van der Waals surface area contributed by atoms with Gasteiger partial charge >= 0.3 is 6.03 Å². The van der Waals surface area contributed by atoms with Crippen LogP contribution in [0.4, 0.5) is 10.7 Å². The summed E-state index contributed by atoms with van der Waals surface area (Å²) in [5.74, 6) is 0.259. The summed E-state index contributed by atoms with van der Waals surface area (Å²) in [4.78, 5) is 19.3. The predicted molar refractivity (Wildman–Crippen MR) is 70.5 cm³/mol. The van der Waals surface area contributed by atoms with E-state index in [9.17, 15) is 4.79 Å². The number of hydrogen-bond acceptors (Lipinski definition) is 3. The molecule has 0 radical (unpaired) electrons. The predicted octanol–water partition coefficient (Wildman–Crippen LogP) is 2.92. The number of amides is 2. The van der Waals surface area contributed by atoms with E-state index in [0.29, 0.717) is 0 Å². The van der Waals surface area contributed by atoms with Crippen molar-refractivity contribution in [3.8, 4) is 0 Å². The Labute approximate surface area is 109 Å². The van der Waals surface area contributed by atoms with Gasteiger partial charge in [0.1, 0.15) is 0 Å². The lowest BCUT2D eigenvalue weighted by Gasteiger charge is -2.11. The molecule has 0 aliphatic rings. The maximum atomic E-state index is 11.4. The number of anilines is 1. The van der Waals surface area contributed by atoms with Crippen LogP contribution in [0.5, 0.6) is 0 Å². The molecule has 2 amide bonds. The van der Waals surface area contributed by atoms with Crippen LogP contribution in [0.15, 0.2) is 29.1 Å². The number of hydrogen-bond donors (Lipinski definition) is 2. The fourth-order valence-corrected chi connectivity index (χ4v) is 1.09. The number of rotatable bonds is 2. The molecule has 1 heterocycles. The van der Waals surface area contributed by atoms with Gasteiger partial charge < -0.3 is 5.32 Å². The van der Waals surface area contributed by atoms with Crippen molar-refractivity contribution in [1.82, 2.24) is 15.3 Å². The number of nitrogens with zero attached hydrogens (tertiary/aromatic N) is 2. The zero-order valence-corrected chi connectivity index (χ0v) is 11.6. The second-order valence-electron chi connectivity index (χ2n) is 4.52. The number of carbonyl (C=O) groups is 1. The first kappa shape index (κ1) is 13.6. The SMILES string of the molecule is CC(C)(C)/C=C/NC(=O)Nc1ncc(Br)cn1. The van der Waals surface area contributed by atoms with Crippen molar-refractivity contribution in [1.29, 1.82) is 0 Å². The summed E-state index contributed by atoms with van der Waals surface area (Å²) in [6, 6.07) is -0.368. The highest BCUT2D eigenvalue weighted by Crippen LogP contribution is 2.13. The minimum atomic E-state index is -0.368. The number of allylic oxidation sites excluding steroid dienone is 1. The van der Waals surface area contributed by atoms with Gasteiger partial charge in [-0.15, -0.1) is 0 Å². The van der Waals surface area contributed by atoms with Crippen molar-refractivity contribution >= 4 is 27.9 Å². The van der Waals surface area contributed by atoms with Crippen LogP contribution in [-0.2, 0) is 0 Å². The van der Waals surface area contributed by atoms with Gasteiger partial charge in [-0.3, -0.25) is 5.32 Å². The van der Waals surface area contributed by atoms with Gasteiger partial charge in [0.05, 0.1) is 4.47 Å². The highest BCUT2D eigenvalue weighted by Gasteiger charge is 2.05. The largest absolute Gasteiger partial charge is 0.325 e. The van der Waals surface area contributed by atoms with Crippen LogP contribution in [0.2, 0.25) is 0 Å². The lowest BCUT2D eigenvalue weighted by Crippen LogP contribution is -2.25. The Morgan fingerprint density at radius 2 is 1.94 bits per heavy atom. The summed E-state index contributed by atoms with van der Waals surface area (Å²) < 4.78 is 0.760. The first-order valence-corrected chi connectivity index (χ1v) is 5.89. The zero-order valence-electron chi connectivity index (χ0n) is 9.99. The molecular weight excluding hydrogens is 284 g/mol.